The molecule has 0 amide bonds. The van der Waals surface area contributed by atoms with Gasteiger partial charge in [-0.25, -0.2) is 0 Å². The minimum atomic E-state index is -1.98. The van der Waals surface area contributed by atoms with E-state index in [9.17, 15) is 0 Å². The van der Waals surface area contributed by atoms with Crippen LogP contribution in [0.2, 0.25) is 14.8 Å². The zero-order valence-electron chi connectivity index (χ0n) is 12.4. The van der Waals surface area contributed by atoms with Gasteiger partial charge in [-0.2, -0.15) is 0 Å². The van der Waals surface area contributed by atoms with Crippen LogP contribution in [0, 0.1) is 11.8 Å². The van der Waals surface area contributed by atoms with E-state index < -0.39 is 18.4 Å². The van der Waals surface area contributed by atoms with Crippen LogP contribution in [0.1, 0.15) is 39.5 Å². The molecule has 0 atom stereocenters. The van der Waals surface area contributed by atoms with Gasteiger partial charge in [0.2, 0.25) is 0 Å². The Morgan fingerprint density at radius 1 is 1.18 bits per heavy atom. The normalized spacial score (nSPS) is 12.8. The van der Waals surface area contributed by atoms with Crippen LogP contribution in [0.4, 0.5) is 0 Å². The van der Waals surface area contributed by atoms with Gasteiger partial charge in [0, 0.05) is 0 Å². The van der Waals surface area contributed by atoms with Crippen LogP contribution in [0.25, 0.3) is 0 Å². The second-order valence-electron chi connectivity index (χ2n) is 5.40. The van der Waals surface area contributed by atoms with Crippen molar-refractivity contribution in [1.82, 2.24) is 0 Å². The number of hydrogen-bond acceptors (Lipinski definition) is 1. The van der Waals surface area contributed by atoms with Crippen molar-refractivity contribution in [2.45, 2.75) is 54.3 Å². The van der Waals surface area contributed by atoms with E-state index in [4.69, 9.17) is 4.74 Å². The maximum atomic E-state index is 5.00. The molecule has 0 saturated carbocycles. The Morgan fingerprint density at radius 2 is 1.82 bits per heavy atom. The number of hydrogen-bond donors (Lipinski definition) is 0. The summed E-state index contributed by atoms with van der Waals surface area (Å²) in [6.45, 7) is 5.03. The minimum absolute atomic E-state index is 0.546. The number of ether oxygens (including phenoxy) is 1. The second-order valence-corrected chi connectivity index (χ2v) is 20.0. The molecule has 0 aliphatic heterocycles. The Morgan fingerprint density at radius 3 is 2.24 bits per heavy atom. The summed E-state index contributed by atoms with van der Waals surface area (Å²) in [6, 6.07) is 0. The molecule has 0 aromatic carbocycles. The van der Waals surface area contributed by atoms with Crippen molar-refractivity contribution in [2.24, 2.45) is 0 Å². The van der Waals surface area contributed by atoms with Gasteiger partial charge in [-0.05, 0) is 0 Å². The summed E-state index contributed by atoms with van der Waals surface area (Å²) in [5.74, 6) is 6.46. The van der Waals surface area contributed by atoms with Crippen molar-refractivity contribution in [3.63, 3.8) is 0 Å². The number of rotatable bonds is 6. The van der Waals surface area contributed by atoms with E-state index in [1.807, 2.05) is 0 Å². The fourth-order valence-electron chi connectivity index (χ4n) is 1.92. The van der Waals surface area contributed by atoms with Gasteiger partial charge >= 0.3 is 112 Å². The first kappa shape index (κ1) is 17.1. The molecule has 0 N–H and O–H groups in total. The monoisotopic (exact) mass is 344 g/mol. The van der Waals surface area contributed by atoms with E-state index in [-0.39, 0.29) is 0 Å². The number of unbranched alkanes of at least 4 members (excludes halogenated alkanes) is 1. The Kier molecular flexibility index (Phi) is 9.08. The SMILES string of the molecule is CCCC/[C](=C(/C#CCOC)CC)[Sn]([CH3])([CH3])[CH3]. The fraction of sp³-hybridized carbons (Fsp3) is 0.733. The zero-order chi connectivity index (χ0) is 13.3. The van der Waals surface area contributed by atoms with Gasteiger partial charge in [0.05, 0.1) is 0 Å². The van der Waals surface area contributed by atoms with Crippen LogP contribution >= 0.6 is 0 Å². The molecule has 98 valence electrons. The van der Waals surface area contributed by atoms with Gasteiger partial charge in [-0.15, -0.1) is 0 Å². The molecule has 0 bridgehead atoms. The maximum absolute atomic E-state index is 5.00. The van der Waals surface area contributed by atoms with Crippen LogP contribution in [-0.4, -0.2) is 32.1 Å². The standard InChI is InChI=1S/C12H19O.3CH3.Sn/c1-4-6-7-9-12(5-2)10-8-11-13-3;;;;/h4-7,11H2,1-3H3;3*1H3;. The summed E-state index contributed by atoms with van der Waals surface area (Å²) in [6.07, 6.45) is 4.91. The third-order valence-corrected chi connectivity index (χ3v) is 9.60. The van der Waals surface area contributed by atoms with E-state index in [0.717, 1.165) is 6.42 Å². The topological polar surface area (TPSA) is 9.23 Å². The first-order valence-electron chi connectivity index (χ1n) is 6.67. The molecule has 1 nitrogen and oxygen atoms in total. The molecular formula is C15H28OSn. The van der Waals surface area contributed by atoms with Crippen molar-refractivity contribution >= 4 is 18.4 Å². The summed E-state index contributed by atoms with van der Waals surface area (Å²) in [5, 5.41) is 0. The summed E-state index contributed by atoms with van der Waals surface area (Å²) in [5.41, 5.74) is 1.40. The van der Waals surface area contributed by atoms with E-state index >= 15 is 0 Å². The second kappa shape index (κ2) is 9.05. The molecule has 0 saturated heterocycles. The Bertz CT molecular complexity index is 299. The molecule has 0 heterocycles. The Labute approximate surface area is 112 Å². The Balaban J connectivity index is 5.09. The molecule has 0 aromatic rings. The molecule has 0 aliphatic carbocycles. The van der Waals surface area contributed by atoms with Gasteiger partial charge in [0.15, 0.2) is 0 Å². The van der Waals surface area contributed by atoms with Gasteiger partial charge in [-0.1, -0.05) is 0 Å². The summed E-state index contributed by atoms with van der Waals surface area (Å²) in [4.78, 5) is 7.48. The van der Waals surface area contributed by atoms with Crippen LogP contribution in [-0.2, 0) is 4.74 Å². The van der Waals surface area contributed by atoms with Gasteiger partial charge in [-0.3, -0.25) is 0 Å². The van der Waals surface area contributed by atoms with E-state index in [2.05, 4.69) is 40.5 Å². The van der Waals surface area contributed by atoms with Crippen LogP contribution in [0.3, 0.4) is 0 Å². The van der Waals surface area contributed by atoms with Crippen molar-refractivity contribution in [2.75, 3.05) is 13.7 Å². The number of allylic oxidation sites excluding steroid dienone is 2. The molecule has 0 aliphatic rings. The molecule has 0 radical (unpaired) electrons. The average Bonchev–Trinajstić information content (AvgIpc) is 2.25. The number of methoxy groups -OCH3 is 1. The van der Waals surface area contributed by atoms with Crippen LogP contribution in [0.5, 0.6) is 0 Å². The molecular weight excluding hydrogens is 315 g/mol. The van der Waals surface area contributed by atoms with Gasteiger partial charge < -0.3 is 0 Å². The summed E-state index contributed by atoms with van der Waals surface area (Å²) >= 11 is -1.98. The first-order valence-corrected chi connectivity index (χ1v) is 16.7. The molecule has 0 fully saturated rings. The van der Waals surface area contributed by atoms with Crippen LogP contribution in [0.15, 0.2) is 9.16 Å². The predicted octanol–water partition coefficient (Wildman–Crippen LogP) is 4.41. The first-order chi connectivity index (χ1) is 7.97. The average molecular weight is 343 g/mol. The molecule has 0 aromatic heterocycles. The third kappa shape index (κ3) is 7.16. The fourth-order valence-corrected chi connectivity index (χ4v) is 7.84. The molecule has 17 heavy (non-hydrogen) atoms. The van der Waals surface area contributed by atoms with Crippen molar-refractivity contribution in [3.8, 4) is 11.8 Å². The summed E-state index contributed by atoms with van der Waals surface area (Å²) < 4.78 is 6.73. The predicted molar refractivity (Wildman–Crippen MR) is 79.8 cm³/mol. The molecule has 2 heteroatoms. The zero-order valence-corrected chi connectivity index (χ0v) is 15.3. The van der Waals surface area contributed by atoms with Crippen molar-refractivity contribution in [3.05, 3.63) is 9.16 Å². The van der Waals surface area contributed by atoms with Crippen molar-refractivity contribution < 1.29 is 4.74 Å². The molecule has 0 unspecified atom stereocenters. The van der Waals surface area contributed by atoms with Gasteiger partial charge in [0.25, 0.3) is 0 Å². The summed E-state index contributed by atoms with van der Waals surface area (Å²) in [7, 11) is 1.70. The Hall–Kier alpha value is 0.0587. The van der Waals surface area contributed by atoms with E-state index in [1.54, 1.807) is 10.7 Å². The molecule has 0 rings (SSSR count). The van der Waals surface area contributed by atoms with Crippen LogP contribution < -0.4 is 0 Å². The quantitative estimate of drug-likeness (QED) is 0.513. The third-order valence-electron chi connectivity index (χ3n) is 2.86. The molecule has 0 spiro atoms. The van der Waals surface area contributed by atoms with Gasteiger partial charge in [0.1, 0.15) is 0 Å². The van der Waals surface area contributed by atoms with E-state index in [0.29, 0.717) is 6.61 Å². The van der Waals surface area contributed by atoms with Crippen molar-refractivity contribution in [1.29, 1.82) is 0 Å². The van der Waals surface area contributed by atoms with E-state index in [1.165, 1.54) is 24.8 Å².